The molecular weight excluding hydrogens is 214 g/mol. The zero-order valence-corrected chi connectivity index (χ0v) is 10.9. The van der Waals surface area contributed by atoms with Crippen LogP contribution < -0.4 is 5.73 Å². The summed E-state index contributed by atoms with van der Waals surface area (Å²) in [6, 6.07) is 0.427. The van der Waals surface area contributed by atoms with Crippen molar-refractivity contribution in [3.8, 4) is 0 Å². The molecule has 0 spiro atoms. The molecule has 0 unspecified atom stereocenters. The second kappa shape index (κ2) is 5.71. The quantitative estimate of drug-likeness (QED) is 0.796. The molecule has 0 saturated carbocycles. The molecule has 0 aromatic carbocycles. The summed E-state index contributed by atoms with van der Waals surface area (Å²) >= 11 is 0. The lowest BCUT2D eigenvalue weighted by molar-refractivity contribution is 0.0864. The summed E-state index contributed by atoms with van der Waals surface area (Å²) in [6.07, 6.45) is 6.23. The minimum absolute atomic E-state index is 0.256. The lowest BCUT2D eigenvalue weighted by Gasteiger charge is -2.41. The van der Waals surface area contributed by atoms with Crippen LogP contribution in [0.25, 0.3) is 0 Å². The minimum Gasteiger partial charge on any atom is -0.351 e. The van der Waals surface area contributed by atoms with Gasteiger partial charge in [0.2, 0.25) is 0 Å². The summed E-state index contributed by atoms with van der Waals surface area (Å²) in [4.78, 5) is 15.5. The summed E-state index contributed by atoms with van der Waals surface area (Å²) in [5.41, 5.74) is 5.30. The number of hydrogen-bond donors (Lipinski definition) is 1. The molecule has 2 fully saturated rings. The van der Waals surface area contributed by atoms with Gasteiger partial charge in [-0.1, -0.05) is 13.3 Å². The molecule has 0 aliphatic carbocycles. The molecule has 17 heavy (non-hydrogen) atoms. The van der Waals surface area contributed by atoms with Crippen LogP contribution in [0.15, 0.2) is 0 Å². The largest absolute Gasteiger partial charge is 0.351 e. The van der Waals surface area contributed by atoms with Crippen LogP contribution in [-0.4, -0.2) is 48.1 Å². The fourth-order valence-corrected chi connectivity index (χ4v) is 3.18. The third-order valence-electron chi connectivity index (χ3n) is 4.52. The molecule has 0 bridgehead atoms. The van der Waals surface area contributed by atoms with Crippen LogP contribution in [0.4, 0.5) is 4.79 Å². The summed E-state index contributed by atoms with van der Waals surface area (Å²) in [5.74, 6) is 0.942. The zero-order chi connectivity index (χ0) is 12.3. The molecule has 0 aromatic rings. The molecule has 4 nitrogen and oxygen atoms in total. The predicted molar refractivity (Wildman–Crippen MR) is 68.8 cm³/mol. The van der Waals surface area contributed by atoms with Crippen LogP contribution in [0.3, 0.4) is 0 Å². The average molecular weight is 239 g/mol. The molecule has 4 heteroatoms. The van der Waals surface area contributed by atoms with E-state index in [1.807, 2.05) is 0 Å². The van der Waals surface area contributed by atoms with Crippen molar-refractivity contribution in [1.29, 1.82) is 0 Å². The number of carbonyl (C=O) groups is 1. The Morgan fingerprint density at radius 2 is 1.71 bits per heavy atom. The molecule has 2 N–H and O–H groups in total. The van der Waals surface area contributed by atoms with Gasteiger partial charge in [-0.15, -0.1) is 0 Å². The summed E-state index contributed by atoms with van der Waals surface area (Å²) in [6.45, 7) is 6.48. The van der Waals surface area contributed by atoms with Gasteiger partial charge in [-0.3, -0.25) is 0 Å². The summed E-state index contributed by atoms with van der Waals surface area (Å²) in [7, 11) is 0. The van der Waals surface area contributed by atoms with Gasteiger partial charge in [0.25, 0.3) is 0 Å². The Labute approximate surface area is 104 Å². The van der Waals surface area contributed by atoms with Crippen molar-refractivity contribution in [3.05, 3.63) is 0 Å². The Balaban J connectivity index is 1.76. The van der Waals surface area contributed by atoms with E-state index in [9.17, 15) is 4.79 Å². The van der Waals surface area contributed by atoms with Crippen molar-refractivity contribution in [2.75, 3.05) is 26.2 Å². The molecule has 0 atom stereocenters. The van der Waals surface area contributed by atoms with E-state index in [0.717, 1.165) is 31.8 Å². The third-order valence-corrected chi connectivity index (χ3v) is 4.52. The average Bonchev–Trinajstić information content (AvgIpc) is 2.39. The molecule has 98 valence electrons. The Kier molecular flexibility index (Phi) is 4.26. The first kappa shape index (κ1) is 12.7. The molecule has 2 aliphatic heterocycles. The topological polar surface area (TPSA) is 49.6 Å². The SMILES string of the molecule is CCC1CCN(C2CCN(C(N)=O)CC2)CC1. The molecule has 2 aliphatic rings. The van der Waals surface area contributed by atoms with Gasteiger partial charge in [-0.05, 0) is 44.7 Å². The van der Waals surface area contributed by atoms with Gasteiger partial charge in [0.15, 0.2) is 0 Å². The smallest absolute Gasteiger partial charge is 0.314 e. The fraction of sp³-hybridized carbons (Fsp3) is 0.923. The van der Waals surface area contributed by atoms with E-state index in [1.165, 1.54) is 32.4 Å². The highest BCUT2D eigenvalue weighted by molar-refractivity contribution is 5.72. The molecular formula is C13H25N3O. The monoisotopic (exact) mass is 239 g/mol. The fourth-order valence-electron chi connectivity index (χ4n) is 3.18. The number of rotatable bonds is 2. The van der Waals surface area contributed by atoms with E-state index in [-0.39, 0.29) is 6.03 Å². The zero-order valence-electron chi connectivity index (χ0n) is 10.9. The molecule has 0 aromatic heterocycles. The van der Waals surface area contributed by atoms with Crippen LogP contribution in [0, 0.1) is 5.92 Å². The number of amides is 2. The van der Waals surface area contributed by atoms with Crippen LogP contribution in [0.2, 0.25) is 0 Å². The van der Waals surface area contributed by atoms with Crippen LogP contribution in [-0.2, 0) is 0 Å². The van der Waals surface area contributed by atoms with Crippen molar-refractivity contribution in [1.82, 2.24) is 9.80 Å². The molecule has 2 heterocycles. The number of nitrogens with zero attached hydrogens (tertiary/aromatic N) is 2. The maximum Gasteiger partial charge on any atom is 0.314 e. The number of nitrogens with two attached hydrogens (primary N) is 1. The van der Waals surface area contributed by atoms with Crippen LogP contribution in [0.1, 0.15) is 39.0 Å². The first-order valence-corrected chi connectivity index (χ1v) is 6.99. The maximum absolute atomic E-state index is 11.1. The van der Waals surface area contributed by atoms with E-state index in [4.69, 9.17) is 5.73 Å². The maximum atomic E-state index is 11.1. The van der Waals surface area contributed by atoms with Crippen molar-refractivity contribution < 1.29 is 4.79 Å². The summed E-state index contributed by atoms with van der Waals surface area (Å²) in [5, 5.41) is 0. The van der Waals surface area contributed by atoms with Crippen molar-refractivity contribution in [2.45, 2.75) is 45.1 Å². The van der Waals surface area contributed by atoms with Gasteiger partial charge in [0.05, 0.1) is 0 Å². The lowest BCUT2D eigenvalue weighted by Crippen LogP contribution is -2.50. The first-order valence-electron chi connectivity index (χ1n) is 6.99. The second-order valence-electron chi connectivity index (χ2n) is 5.44. The molecule has 2 saturated heterocycles. The molecule has 2 rings (SSSR count). The Bertz CT molecular complexity index is 253. The Morgan fingerprint density at radius 1 is 1.12 bits per heavy atom. The van der Waals surface area contributed by atoms with E-state index in [1.54, 1.807) is 4.90 Å². The number of likely N-dealkylation sites (tertiary alicyclic amines) is 2. The normalized spacial score (nSPS) is 25.1. The van der Waals surface area contributed by atoms with Crippen LogP contribution >= 0.6 is 0 Å². The van der Waals surface area contributed by atoms with E-state index in [2.05, 4.69) is 11.8 Å². The van der Waals surface area contributed by atoms with E-state index in [0.29, 0.717) is 6.04 Å². The van der Waals surface area contributed by atoms with E-state index < -0.39 is 0 Å². The van der Waals surface area contributed by atoms with Gasteiger partial charge < -0.3 is 15.5 Å². The molecule has 0 radical (unpaired) electrons. The number of hydrogen-bond acceptors (Lipinski definition) is 2. The van der Waals surface area contributed by atoms with Gasteiger partial charge in [-0.2, -0.15) is 0 Å². The van der Waals surface area contributed by atoms with Crippen LogP contribution in [0.5, 0.6) is 0 Å². The van der Waals surface area contributed by atoms with Crippen molar-refractivity contribution in [2.24, 2.45) is 11.7 Å². The predicted octanol–water partition coefficient (Wildman–Crippen LogP) is 1.65. The Morgan fingerprint density at radius 3 is 2.18 bits per heavy atom. The van der Waals surface area contributed by atoms with Gasteiger partial charge >= 0.3 is 6.03 Å². The molecule has 2 amide bonds. The summed E-state index contributed by atoms with van der Waals surface area (Å²) < 4.78 is 0. The number of primary amides is 1. The first-order chi connectivity index (χ1) is 8.20. The van der Waals surface area contributed by atoms with Gasteiger partial charge in [0.1, 0.15) is 0 Å². The standard InChI is InChI=1S/C13H25N3O/c1-2-11-3-7-15(8-4-11)12-5-9-16(10-6-12)13(14)17/h11-12H,2-10H2,1H3,(H2,14,17). The highest BCUT2D eigenvalue weighted by atomic mass is 16.2. The number of carbonyl (C=O) groups excluding carboxylic acids is 1. The highest BCUT2D eigenvalue weighted by Gasteiger charge is 2.28. The highest BCUT2D eigenvalue weighted by Crippen LogP contribution is 2.25. The van der Waals surface area contributed by atoms with E-state index >= 15 is 0 Å². The van der Waals surface area contributed by atoms with Gasteiger partial charge in [-0.25, -0.2) is 4.79 Å². The van der Waals surface area contributed by atoms with Crippen molar-refractivity contribution in [3.63, 3.8) is 0 Å². The van der Waals surface area contributed by atoms with Gasteiger partial charge in [0, 0.05) is 19.1 Å². The second-order valence-corrected chi connectivity index (χ2v) is 5.44. The van der Waals surface area contributed by atoms with Crippen molar-refractivity contribution >= 4 is 6.03 Å². The third kappa shape index (κ3) is 3.12. The minimum atomic E-state index is -0.256. The number of urea groups is 1. The Hall–Kier alpha value is -0.770. The number of piperidine rings is 2. The lowest BCUT2D eigenvalue weighted by atomic mass is 9.92.